The van der Waals surface area contributed by atoms with Gasteiger partial charge in [0.2, 0.25) is 0 Å². The number of rotatable bonds is 1. The fourth-order valence-corrected chi connectivity index (χ4v) is 1.61. The lowest BCUT2D eigenvalue weighted by Gasteiger charge is -2.30. The van der Waals surface area contributed by atoms with Gasteiger partial charge < -0.3 is 4.74 Å². The normalized spacial score (nSPS) is 23.6. The van der Waals surface area contributed by atoms with Crippen LogP contribution in [0.5, 0.6) is 0 Å². The number of hydrogen-bond acceptors (Lipinski definition) is 2. The van der Waals surface area contributed by atoms with E-state index >= 15 is 0 Å². The van der Waals surface area contributed by atoms with E-state index in [4.69, 9.17) is 4.74 Å². The summed E-state index contributed by atoms with van der Waals surface area (Å²) in [7, 11) is 0. The van der Waals surface area contributed by atoms with Crippen molar-refractivity contribution < 1.29 is 18.3 Å². The molecule has 2 rings (SSSR count). The molecular weight excluding hydrogens is 214 g/mol. The molecule has 84 valence electrons. The molecule has 1 aromatic carbocycles. The van der Waals surface area contributed by atoms with Gasteiger partial charge in [-0.2, -0.15) is 8.78 Å². The Morgan fingerprint density at radius 1 is 1.25 bits per heavy atom. The molecule has 0 fully saturated rings. The van der Waals surface area contributed by atoms with Crippen LogP contribution in [0.15, 0.2) is 42.0 Å². The molecule has 0 saturated heterocycles. The summed E-state index contributed by atoms with van der Waals surface area (Å²) in [5.74, 6) is -3.87. The number of hydrogen-bond donors (Lipinski definition) is 0. The number of ether oxygens (including phenoxy) is 1. The van der Waals surface area contributed by atoms with Crippen molar-refractivity contribution >= 4 is 5.97 Å². The molecular formula is C12H10F2O2. The third-order valence-corrected chi connectivity index (χ3v) is 2.53. The van der Waals surface area contributed by atoms with Gasteiger partial charge in [0, 0.05) is 11.6 Å². The van der Waals surface area contributed by atoms with Crippen molar-refractivity contribution in [3.05, 3.63) is 47.5 Å². The molecule has 16 heavy (non-hydrogen) atoms. The highest BCUT2D eigenvalue weighted by Gasteiger charge is 2.47. The highest BCUT2D eigenvalue weighted by atomic mass is 19.3. The predicted octanol–water partition coefficient (Wildman–Crippen LogP) is 2.87. The Morgan fingerprint density at radius 3 is 2.50 bits per heavy atom. The van der Waals surface area contributed by atoms with Gasteiger partial charge in [-0.25, -0.2) is 4.79 Å². The van der Waals surface area contributed by atoms with Gasteiger partial charge in [-0.15, -0.1) is 0 Å². The topological polar surface area (TPSA) is 26.3 Å². The van der Waals surface area contributed by atoms with Gasteiger partial charge in [0.25, 0.3) is 0 Å². The summed E-state index contributed by atoms with van der Waals surface area (Å²) < 4.78 is 32.2. The number of carbonyl (C=O) groups excluding carboxylic acids is 1. The summed E-state index contributed by atoms with van der Waals surface area (Å²) in [6.07, 6.45) is -0.689. The van der Waals surface area contributed by atoms with Crippen molar-refractivity contribution in [1.29, 1.82) is 0 Å². The fourth-order valence-electron chi connectivity index (χ4n) is 1.61. The van der Waals surface area contributed by atoms with E-state index in [2.05, 4.69) is 0 Å². The first-order valence-corrected chi connectivity index (χ1v) is 4.84. The summed E-state index contributed by atoms with van der Waals surface area (Å²) >= 11 is 0. The Bertz CT molecular complexity index is 438. The molecule has 1 heterocycles. The molecule has 0 aromatic heterocycles. The second kappa shape index (κ2) is 3.70. The standard InChI is InChI=1S/C12H10F2O2/c1-8-7-10(15)16-11(12(8,13)14)9-5-3-2-4-6-9/h2-7,11H,1H3/t11-/m0/s1. The van der Waals surface area contributed by atoms with E-state index in [9.17, 15) is 13.6 Å². The lowest BCUT2D eigenvalue weighted by atomic mass is 9.96. The molecule has 0 N–H and O–H groups in total. The average Bonchev–Trinajstić information content (AvgIpc) is 2.25. The molecule has 0 radical (unpaired) electrons. The van der Waals surface area contributed by atoms with E-state index in [1.54, 1.807) is 18.2 Å². The minimum atomic E-state index is -3.14. The Kier molecular flexibility index (Phi) is 2.50. The molecule has 0 aliphatic carbocycles. The quantitative estimate of drug-likeness (QED) is 0.685. The summed E-state index contributed by atoms with van der Waals surface area (Å²) in [6.45, 7) is 1.23. The molecule has 0 bridgehead atoms. The number of benzene rings is 1. The van der Waals surface area contributed by atoms with Crippen LogP contribution in [0, 0.1) is 0 Å². The zero-order valence-electron chi connectivity index (χ0n) is 8.61. The van der Waals surface area contributed by atoms with Gasteiger partial charge in [0.05, 0.1) is 0 Å². The first kappa shape index (κ1) is 10.8. The fraction of sp³-hybridized carbons (Fsp3) is 0.250. The molecule has 1 atom stereocenters. The predicted molar refractivity (Wildman–Crippen MR) is 54.0 cm³/mol. The molecule has 1 aliphatic heterocycles. The van der Waals surface area contributed by atoms with Gasteiger partial charge in [-0.3, -0.25) is 0 Å². The van der Waals surface area contributed by atoms with Crippen LogP contribution < -0.4 is 0 Å². The van der Waals surface area contributed by atoms with Gasteiger partial charge in [-0.05, 0) is 12.5 Å². The van der Waals surface area contributed by atoms with E-state index in [1.165, 1.54) is 19.1 Å². The Balaban J connectivity index is 2.43. The summed E-state index contributed by atoms with van der Waals surface area (Å²) in [6, 6.07) is 8.02. The second-order valence-corrected chi connectivity index (χ2v) is 3.68. The Hall–Kier alpha value is -1.71. The van der Waals surface area contributed by atoms with Crippen molar-refractivity contribution in [1.82, 2.24) is 0 Å². The Labute approximate surface area is 91.5 Å². The van der Waals surface area contributed by atoms with Crippen molar-refractivity contribution in [2.24, 2.45) is 0 Å². The molecule has 0 unspecified atom stereocenters. The van der Waals surface area contributed by atoms with Crippen LogP contribution in [0.1, 0.15) is 18.6 Å². The second-order valence-electron chi connectivity index (χ2n) is 3.68. The molecule has 4 heteroatoms. The van der Waals surface area contributed by atoms with Crippen LogP contribution >= 0.6 is 0 Å². The Morgan fingerprint density at radius 2 is 1.88 bits per heavy atom. The summed E-state index contributed by atoms with van der Waals surface area (Å²) in [5, 5.41) is 0. The lowest BCUT2D eigenvalue weighted by Crippen LogP contribution is -2.35. The number of alkyl halides is 2. The number of halogens is 2. The van der Waals surface area contributed by atoms with Crippen LogP contribution in [0.2, 0.25) is 0 Å². The first-order valence-electron chi connectivity index (χ1n) is 4.84. The van der Waals surface area contributed by atoms with E-state index in [1.807, 2.05) is 0 Å². The maximum atomic E-state index is 13.8. The maximum absolute atomic E-state index is 13.8. The van der Waals surface area contributed by atoms with Crippen LogP contribution in [0.25, 0.3) is 0 Å². The van der Waals surface area contributed by atoms with E-state index in [0.29, 0.717) is 5.56 Å². The van der Waals surface area contributed by atoms with Crippen LogP contribution in [-0.4, -0.2) is 11.9 Å². The minimum Gasteiger partial charge on any atom is -0.447 e. The summed E-state index contributed by atoms with van der Waals surface area (Å²) in [4.78, 5) is 11.1. The monoisotopic (exact) mass is 224 g/mol. The van der Waals surface area contributed by atoms with Crippen molar-refractivity contribution in [2.45, 2.75) is 19.0 Å². The molecule has 2 nitrogen and oxygen atoms in total. The van der Waals surface area contributed by atoms with Gasteiger partial charge >= 0.3 is 11.9 Å². The minimum absolute atomic E-state index is 0.266. The molecule has 0 spiro atoms. The number of cyclic esters (lactones) is 1. The number of esters is 1. The molecule has 1 aromatic rings. The highest BCUT2D eigenvalue weighted by molar-refractivity contribution is 5.84. The highest BCUT2D eigenvalue weighted by Crippen LogP contribution is 2.42. The smallest absolute Gasteiger partial charge is 0.331 e. The van der Waals surface area contributed by atoms with Crippen LogP contribution in [0.3, 0.4) is 0 Å². The maximum Gasteiger partial charge on any atom is 0.331 e. The van der Waals surface area contributed by atoms with Crippen molar-refractivity contribution in [2.75, 3.05) is 0 Å². The van der Waals surface area contributed by atoms with Crippen molar-refractivity contribution in [3.63, 3.8) is 0 Å². The molecule has 1 aliphatic rings. The third-order valence-electron chi connectivity index (χ3n) is 2.53. The molecule has 0 saturated carbocycles. The van der Waals surface area contributed by atoms with Crippen molar-refractivity contribution in [3.8, 4) is 0 Å². The average molecular weight is 224 g/mol. The van der Waals surface area contributed by atoms with E-state index < -0.39 is 18.0 Å². The third kappa shape index (κ3) is 1.71. The zero-order chi connectivity index (χ0) is 11.8. The van der Waals surface area contributed by atoms with Gasteiger partial charge in [0.1, 0.15) is 0 Å². The lowest BCUT2D eigenvalue weighted by molar-refractivity contribution is -0.167. The zero-order valence-corrected chi connectivity index (χ0v) is 8.61. The van der Waals surface area contributed by atoms with Gasteiger partial charge in [-0.1, -0.05) is 30.3 Å². The molecule has 0 amide bonds. The largest absolute Gasteiger partial charge is 0.447 e. The number of carbonyl (C=O) groups is 1. The van der Waals surface area contributed by atoms with E-state index in [0.717, 1.165) is 6.08 Å². The first-order chi connectivity index (χ1) is 7.51. The van der Waals surface area contributed by atoms with Crippen LogP contribution in [-0.2, 0) is 9.53 Å². The summed E-state index contributed by atoms with van der Waals surface area (Å²) in [5.41, 5.74) is 0.0332. The van der Waals surface area contributed by atoms with E-state index in [-0.39, 0.29) is 5.57 Å². The SMILES string of the molecule is CC1=CC(=O)O[C@@H](c2ccccc2)C1(F)F. The van der Waals surface area contributed by atoms with Crippen LogP contribution in [0.4, 0.5) is 8.78 Å². The van der Waals surface area contributed by atoms with Gasteiger partial charge in [0.15, 0.2) is 6.10 Å².